The molecule has 1 aliphatic rings. The van der Waals surface area contributed by atoms with Crippen molar-refractivity contribution < 1.29 is 14.7 Å². The van der Waals surface area contributed by atoms with Gasteiger partial charge in [-0.3, -0.25) is 14.3 Å². The van der Waals surface area contributed by atoms with E-state index in [-0.39, 0.29) is 19.0 Å². The Hall–Kier alpha value is -2.11. The second-order valence-electron chi connectivity index (χ2n) is 5.63. The lowest BCUT2D eigenvalue weighted by Crippen LogP contribution is -2.50. The van der Waals surface area contributed by atoms with Crippen molar-refractivity contribution in [3.05, 3.63) is 30.6 Å². The van der Waals surface area contributed by atoms with Crippen LogP contribution in [-0.4, -0.2) is 44.8 Å². The molecule has 1 atom stereocenters. The molecule has 0 aromatic carbocycles. The van der Waals surface area contributed by atoms with E-state index in [2.05, 4.69) is 11.7 Å². The van der Waals surface area contributed by atoms with Crippen molar-refractivity contribution in [1.82, 2.24) is 14.7 Å². The molecule has 1 saturated heterocycles. The smallest absolute Gasteiger partial charge is 0.311 e. The zero-order valence-electron chi connectivity index (χ0n) is 12.3. The van der Waals surface area contributed by atoms with Crippen molar-refractivity contribution in [3.63, 3.8) is 0 Å². The van der Waals surface area contributed by atoms with Gasteiger partial charge in [-0.2, -0.15) is 5.10 Å². The lowest BCUT2D eigenvalue weighted by molar-refractivity contribution is -0.154. The number of piperidine rings is 1. The minimum Gasteiger partial charge on any atom is -0.481 e. The molecule has 21 heavy (non-hydrogen) atoms. The van der Waals surface area contributed by atoms with Crippen LogP contribution in [0.15, 0.2) is 24.9 Å². The second-order valence-corrected chi connectivity index (χ2v) is 5.63. The summed E-state index contributed by atoms with van der Waals surface area (Å²) in [5.41, 5.74) is 0.0189. The SMILES string of the molecule is C=CCC1(C(=O)O)CCCN(C(=O)Cn2nccc2C)C1. The van der Waals surface area contributed by atoms with Crippen LogP contribution in [0.2, 0.25) is 0 Å². The third-order valence-corrected chi connectivity index (χ3v) is 4.13. The molecule has 1 aromatic rings. The van der Waals surface area contributed by atoms with E-state index >= 15 is 0 Å². The Morgan fingerprint density at radius 1 is 1.57 bits per heavy atom. The maximum absolute atomic E-state index is 12.4. The van der Waals surface area contributed by atoms with E-state index in [9.17, 15) is 14.7 Å². The van der Waals surface area contributed by atoms with Crippen molar-refractivity contribution in [1.29, 1.82) is 0 Å². The van der Waals surface area contributed by atoms with Crippen molar-refractivity contribution in [3.8, 4) is 0 Å². The number of allylic oxidation sites excluding steroid dienone is 1. The zero-order chi connectivity index (χ0) is 15.5. The molecule has 1 aromatic heterocycles. The minimum atomic E-state index is -0.894. The highest BCUT2D eigenvalue weighted by molar-refractivity contribution is 5.79. The van der Waals surface area contributed by atoms with E-state index < -0.39 is 11.4 Å². The molecule has 6 heteroatoms. The molecule has 2 rings (SSSR count). The van der Waals surface area contributed by atoms with Crippen LogP contribution in [0.3, 0.4) is 0 Å². The number of carbonyl (C=O) groups is 2. The Morgan fingerprint density at radius 3 is 2.90 bits per heavy atom. The summed E-state index contributed by atoms with van der Waals surface area (Å²) >= 11 is 0. The van der Waals surface area contributed by atoms with Crippen molar-refractivity contribution >= 4 is 11.9 Å². The molecule has 1 aliphatic heterocycles. The molecule has 0 spiro atoms. The highest BCUT2D eigenvalue weighted by Gasteiger charge is 2.42. The Labute approximate surface area is 124 Å². The van der Waals surface area contributed by atoms with Crippen molar-refractivity contribution in [2.45, 2.75) is 32.7 Å². The number of nitrogens with zero attached hydrogens (tertiary/aromatic N) is 3. The summed E-state index contributed by atoms with van der Waals surface area (Å²) in [6.45, 7) is 6.53. The van der Waals surface area contributed by atoms with Crippen LogP contribution >= 0.6 is 0 Å². The molecule has 0 bridgehead atoms. The zero-order valence-corrected chi connectivity index (χ0v) is 12.3. The first-order valence-electron chi connectivity index (χ1n) is 7.09. The van der Waals surface area contributed by atoms with Crippen LogP contribution < -0.4 is 0 Å². The number of likely N-dealkylation sites (tertiary alicyclic amines) is 1. The molecule has 0 radical (unpaired) electrons. The molecule has 0 aliphatic carbocycles. The molecule has 1 unspecified atom stereocenters. The van der Waals surface area contributed by atoms with E-state index in [1.807, 2.05) is 13.0 Å². The van der Waals surface area contributed by atoms with Crippen LogP contribution in [-0.2, 0) is 16.1 Å². The summed E-state index contributed by atoms with van der Waals surface area (Å²) in [7, 11) is 0. The number of aromatic nitrogens is 2. The van der Waals surface area contributed by atoms with Gasteiger partial charge in [-0.05, 0) is 32.3 Å². The van der Waals surface area contributed by atoms with Gasteiger partial charge in [0, 0.05) is 25.0 Å². The summed E-state index contributed by atoms with van der Waals surface area (Å²) in [5.74, 6) is -0.939. The Morgan fingerprint density at radius 2 is 2.33 bits per heavy atom. The van der Waals surface area contributed by atoms with E-state index in [1.165, 1.54) is 0 Å². The monoisotopic (exact) mass is 291 g/mol. The normalized spacial score (nSPS) is 22.0. The fraction of sp³-hybridized carbons (Fsp3) is 0.533. The number of rotatable bonds is 5. The number of carboxylic acids is 1. The third kappa shape index (κ3) is 3.15. The Bertz CT molecular complexity index is 552. The predicted molar refractivity (Wildman–Crippen MR) is 77.7 cm³/mol. The number of aliphatic carboxylic acids is 1. The number of carboxylic acid groups (broad SMARTS) is 1. The predicted octanol–water partition coefficient (Wildman–Crippen LogP) is 1.46. The Balaban J connectivity index is 2.09. The van der Waals surface area contributed by atoms with Crippen LogP contribution in [0.5, 0.6) is 0 Å². The van der Waals surface area contributed by atoms with E-state index in [4.69, 9.17) is 0 Å². The van der Waals surface area contributed by atoms with Crippen LogP contribution in [0, 0.1) is 12.3 Å². The minimum absolute atomic E-state index is 0.0869. The number of hydrogen-bond donors (Lipinski definition) is 1. The van der Waals surface area contributed by atoms with Gasteiger partial charge in [-0.1, -0.05) is 6.08 Å². The van der Waals surface area contributed by atoms with Gasteiger partial charge < -0.3 is 10.0 Å². The molecule has 2 heterocycles. The lowest BCUT2D eigenvalue weighted by atomic mass is 9.77. The standard InChI is InChI=1S/C15H21N3O3/c1-3-6-15(14(20)21)7-4-9-17(11-15)13(19)10-18-12(2)5-8-16-18/h3,5,8H,1,4,6-7,9-11H2,2H3,(H,20,21). The molecule has 1 amide bonds. The largest absolute Gasteiger partial charge is 0.481 e. The molecule has 1 N–H and O–H groups in total. The summed E-state index contributed by atoms with van der Waals surface area (Å²) in [6.07, 6.45) is 4.94. The Kier molecular flexibility index (Phi) is 4.45. The van der Waals surface area contributed by atoms with E-state index in [0.717, 1.165) is 5.69 Å². The fourth-order valence-corrected chi connectivity index (χ4v) is 2.84. The van der Waals surface area contributed by atoms with Gasteiger partial charge in [0.25, 0.3) is 0 Å². The highest BCUT2D eigenvalue weighted by Crippen LogP contribution is 2.34. The van der Waals surface area contributed by atoms with Gasteiger partial charge >= 0.3 is 5.97 Å². The van der Waals surface area contributed by atoms with Gasteiger partial charge in [0.1, 0.15) is 6.54 Å². The molecule has 1 fully saturated rings. The van der Waals surface area contributed by atoms with E-state index in [1.54, 1.807) is 21.9 Å². The average Bonchev–Trinajstić information content (AvgIpc) is 2.84. The van der Waals surface area contributed by atoms with Crippen LogP contribution in [0.1, 0.15) is 25.0 Å². The highest BCUT2D eigenvalue weighted by atomic mass is 16.4. The number of hydrogen-bond acceptors (Lipinski definition) is 3. The van der Waals surface area contributed by atoms with Gasteiger partial charge in [-0.25, -0.2) is 0 Å². The first kappa shape index (κ1) is 15.3. The first-order valence-corrected chi connectivity index (χ1v) is 7.09. The number of aryl methyl sites for hydroxylation is 1. The maximum Gasteiger partial charge on any atom is 0.311 e. The lowest BCUT2D eigenvalue weighted by Gasteiger charge is -2.39. The summed E-state index contributed by atoms with van der Waals surface area (Å²) in [5, 5.41) is 13.6. The molecular weight excluding hydrogens is 270 g/mol. The van der Waals surface area contributed by atoms with Gasteiger partial charge in [0.05, 0.1) is 5.41 Å². The van der Waals surface area contributed by atoms with Crippen molar-refractivity contribution in [2.24, 2.45) is 5.41 Å². The third-order valence-electron chi connectivity index (χ3n) is 4.13. The second kappa shape index (κ2) is 6.11. The topological polar surface area (TPSA) is 75.4 Å². The molecule has 6 nitrogen and oxygen atoms in total. The first-order chi connectivity index (χ1) is 9.98. The summed E-state index contributed by atoms with van der Waals surface area (Å²) in [4.78, 5) is 25.6. The van der Waals surface area contributed by atoms with Crippen molar-refractivity contribution in [2.75, 3.05) is 13.1 Å². The maximum atomic E-state index is 12.4. The quantitative estimate of drug-likeness (QED) is 0.833. The summed E-state index contributed by atoms with van der Waals surface area (Å²) < 4.78 is 1.63. The average molecular weight is 291 g/mol. The van der Waals surface area contributed by atoms with Gasteiger partial charge in [0.15, 0.2) is 0 Å². The molecule has 0 saturated carbocycles. The number of carbonyl (C=O) groups excluding carboxylic acids is 1. The van der Waals surface area contributed by atoms with Gasteiger partial charge in [-0.15, -0.1) is 6.58 Å². The van der Waals surface area contributed by atoms with Gasteiger partial charge in [0.2, 0.25) is 5.91 Å². The van der Waals surface area contributed by atoms with Crippen LogP contribution in [0.4, 0.5) is 0 Å². The molecular formula is C15H21N3O3. The van der Waals surface area contributed by atoms with Crippen LogP contribution in [0.25, 0.3) is 0 Å². The van der Waals surface area contributed by atoms with E-state index in [0.29, 0.717) is 25.8 Å². The number of amides is 1. The summed E-state index contributed by atoms with van der Waals surface area (Å²) in [6, 6.07) is 1.84. The fourth-order valence-electron chi connectivity index (χ4n) is 2.84. The molecule has 114 valence electrons.